The molecule has 0 saturated carbocycles. The molecule has 0 aromatic rings. The van der Waals surface area contributed by atoms with Crippen molar-refractivity contribution >= 4 is 6.40 Å². The van der Waals surface area contributed by atoms with E-state index in [-0.39, 0.29) is 0 Å². The summed E-state index contributed by atoms with van der Waals surface area (Å²) in [7, 11) is 0. The third kappa shape index (κ3) is 3.05. The molecule has 3 heteroatoms. The standard InChI is InChI=1S/C9H11N2O/c1-2-12-8-11-10-7-9-5-3-4-6-9/h3-8H,2H2,1H3/q-1/b11-8+. The van der Waals surface area contributed by atoms with Crippen LogP contribution in [-0.4, -0.2) is 13.0 Å². The zero-order valence-electron chi connectivity index (χ0n) is 6.97. The Bertz CT molecular complexity index is 225. The first-order valence-corrected chi connectivity index (χ1v) is 3.81. The average Bonchev–Trinajstić information content (AvgIpc) is 2.57. The van der Waals surface area contributed by atoms with E-state index in [2.05, 4.69) is 10.5 Å². The van der Waals surface area contributed by atoms with Crippen LogP contribution in [0.1, 0.15) is 6.92 Å². The largest absolute Gasteiger partial charge is 0.579 e. The second kappa shape index (κ2) is 5.18. The number of ether oxygens (including phenoxy) is 1. The first-order valence-electron chi connectivity index (χ1n) is 3.81. The van der Waals surface area contributed by atoms with Gasteiger partial charge in [-0.25, -0.2) is 0 Å². The lowest BCUT2D eigenvalue weighted by Crippen LogP contribution is -1.83. The van der Waals surface area contributed by atoms with E-state index < -0.39 is 0 Å². The summed E-state index contributed by atoms with van der Waals surface area (Å²) in [4.78, 5) is 0. The van der Waals surface area contributed by atoms with Gasteiger partial charge in [-0.15, -0.1) is 0 Å². The van der Waals surface area contributed by atoms with Crippen molar-refractivity contribution in [3.8, 4) is 0 Å². The molecule has 0 radical (unpaired) electrons. The Hall–Kier alpha value is -1.51. The fraction of sp³-hybridized carbons (Fsp3) is 0.222. The quantitative estimate of drug-likeness (QED) is 0.356. The molecule has 0 spiro atoms. The maximum Gasteiger partial charge on any atom is 0.155 e. The van der Waals surface area contributed by atoms with Crippen molar-refractivity contribution in [1.29, 1.82) is 0 Å². The van der Waals surface area contributed by atoms with Crippen LogP contribution in [-0.2, 0) is 4.74 Å². The molecule has 1 aliphatic carbocycles. The van der Waals surface area contributed by atoms with Crippen LogP contribution in [0.5, 0.6) is 0 Å². The van der Waals surface area contributed by atoms with Gasteiger partial charge < -0.3 is 15.3 Å². The Morgan fingerprint density at radius 2 is 2.25 bits per heavy atom. The molecule has 0 aliphatic heterocycles. The zero-order valence-corrected chi connectivity index (χ0v) is 6.97. The van der Waals surface area contributed by atoms with Gasteiger partial charge in [-0.05, 0) is 12.5 Å². The fourth-order valence-electron chi connectivity index (χ4n) is 0.710. The molecule has 0 amide bonds. The number of hydrogen-bond acceptors (Lipinski definition) is 2. The van der Waals surface area contributed by atoms with Crippen molar-refractivity contribution in [3.63, 3.8) is 0 Å². The van der Waals surface area contributed by atoms with Crippen molar-refractivity contribution in [2.24, 2.45) is 5.10 Å². The molecule has 0 N–H and O–H groups in total. The molecule has 0 aromatic heterocycles. The third-order valence-corrected chi connectivity index (χ3v) is 1.25. The van der Waals surface area contributed by atoms with Gasteiger partial charge in [0.05, 0.1) is 6.61 Å². The molecule has 0 saturated heterocycles. The summed E-state index contributed by atoms with van der Waals surface area (Å²) in [6.07, 6.45) is 10.8. The van der Waals surface area contributed by atoms with Crippen molar-refractivity contribution in [2.75, 3.05) is 6.61 Å². The molecule has 0 aromatic carbocycles. The Balaban J connectivity index is 2.20. The second-order valence-corrected chi connectivity index (χ2v) is 2.14. The number of hydrogen-bond donors (Lipinski definition) is 0. The molecule has 0 unspecified atom stereocenters. The Morgan fingerprint density at radius 1 is 1.50 bits per heavy atom. The lowest BCUT2D eigenvalue weighted by atomic mass is 10.3. The van der Waals surface area contributed by atoms with Crippen LogP contribution in [0.4, 0.5) is 0 Å². The van der Waals surface area contributed by atoms with Gasteiger partial charge in [-0.2, -0.15) is 6.20 Å². The van der Waals surface area contributed by atoms with Crippen LogP contribution in [0.15, 0.2) is 41.2 Å². The molecule has 0 heterocycles. The van der Waals surface area contributed by atoms with Gasteiger partial charge in [0.1, 0.15) is 0 Å². The second-order valence-electron chi connectivity index (χ2n) is 2.14. The van der Waals surface area contributed by atoms with Crippen LogP contribution >= 0.6 is 0 Å². The van der Waals surface area contributed by atoms with Crippen molar-refractivity contribution in [2.45, 2.75) is 6.92 Å². The highest BCUT2D eigenvalue weighted by Gasteiger charge is 1.83. The maximum absolute atomic E-state index is 4.85. The van der Waals surface area contributed by atoms with E-state index in [9.17, 15) is 0 Å². The molecule has 0 atom stereocenters. The van der Waals surface area contributed by atoms with Gasteiger partial charge in [0.15, 0.2) is 6.40 Å². The Morgan fingerprint density at radius 3 is 2.92 bits per heavy atom. The summed E-state index contributed by atoms with van der Waals surface area (Å²) in [5.74, 6) is 0. The van der Waals surface area contributed by atoms with Gasteiger partial charge in [-0.3, -0.25) is 0 Å². The average molecular weight is 163 g/mol. The van der Waals surface area contributed by atoms with Crippen molar-refractivity contribution in [1.82, 2.24) is 0 Å². The molecule has 0 bridgehead atoms. The van der Waals surface area contributed by atoms with Gasteiger partial charge in [0.2, 0.25) is 0 Å². The summed E-state index contributed by atoms with van der Waals surface area (Å²) >= 11 is 0. The van der Waals surface area contributed by atoms with Gasteiger partial charge in [0, 0.05) is 0 Å². The molecular weight excluding hydrogens is 152 g/mol. The van der Waals surface area contributed by atoms with Crippen LogP contribution < -0.4 is 0 Å². The van der Waals surface area contributed by atoms with Crippen LogP contribution in [0.25, 0.3) is 5.43 Å². The summed E-state index contributed by atoms with van der Waals surface area (Å²) in [5.41, 5.74) is 4.82. The van der Waals surface area contributed by atoms with E-state index in [0.717, 1.165) is 5.57 Å². The van der Waals surface area contributed by atoms with E-state index >= 15 is 0 Å². The first kappa shape index (κ1) is 8.59. The lowest BCUT2D eigenvalue weighted by molar-refractivity contribution is 0.343. The Kier molecular flexibility index (Phi) is 3.71. The SMILES string of the molecule is CCO/C=N/[N-]C=C1C=CC=C1. The van der Waals surface area contributed by atoms with Crippen LogP contribution in [0.3, 0.4) is 0 Å². The van der Waals surface area contributed by atoms with Crippen molar-refractivity contribution in [3.05, 3.63) is 41.5 Å². The van der Waals surface area contributed by atoms with E-state index in [1.54, 1.807) is 6.20 Å². The highest BCUT2D eigenvalue weighted by Crippen LogP contribution is 2.08. The number of allylic oxidation sites excluding steroid dienone is 5. The molecule has 12 heavy (non-hydrogen) atoms. The molecule has 3 nitrogen and oxygen atoms in total. The summed E-state index contributed by atoms with van der Waals surface area (Å²) in [5, 5.41) is 3.66. The van der Waals surface area contributed by atoms with Gasteiger partial charge in [0.25, 0.3) is 0 Å². The minimum atomic E-state index is 0.620. The van der Waals surface area contributed by atoms with Crippen LogP contribution in [0, 0.1) is 0 Å². The van der Waals surface area contributed by atoms with E-state index in [0.29, 0.717) is 6.61 Å². The Labute approximate surface area is 72.1 Å². The molecule has 0 fully saturated rings. The van der Waals surface area contributed by atoms with E-state index in [1.807, 2.05) is 31.2 Å². The summed E-state index contributed by atoms with van der Waals surface area (Å²) < 4.78 is 4.85. The number of nitrogens with zero attached hydrogens (tertiary/aromatic N) is 2. The highest BCUT2D eigenvalue weighted by atomic mass is 16.5. The van der Waals surface area contributed by atoms with Gasteiger partial charge >= 0.3 is 0 Å². The molecule has 1 rings (SSSR count). The molecule has 64 valence electrons. The first-order chi connectivity index (χ1) is 5.93. The molecule has 1 aliphatic rings. The van der Waals surface area contributed by atoms with Gasteiger partial charge in [-0.1, -0.05) is 24.3 Å². The zero-order chi connectivity index (χ0) is 8.65. The summed E-state index contributed by atoms with van der Waals surface area (Å²) in [6, 6.07) is 0. The third-order valence-electron chi connectivity index (χ3n) is 1.25. The highest BCUT2D eigenvalue weighted by molar-refractivity contribution is 5.49. The predicted molar refractivity (Wildman–Crippen MR) is 49.8 cm³/mol. The smallest absolute Gasteiger partial charge is 0.155 e. The molecular formula is C9H11N2O-. The minimum Gasteiger partial charge on any atom is -0.579 e. The van der Waals surface area contributed by atoms with Crippen LogP contribution in [0.2, 0.25) is 0 Å². The summed E-state index contributed by atoms with van der Waals surface area (Å²) in [6.45, 7) is 2.52. The fourth-order valence-corrected chi connectivity index (χ4v) is 0.710. The lowest BCUT2D eigenvalue weighted by Gasteiger charge is -2.07. The van der Waals surface area contributed by atoms with Crippen molar-refractivity contribution < 1.29 is 4.74 Å². The normalized spacial score (nSPS) is 14.2. The minimum absolute atomic E-state index is 0.620. The predicted octanol–water partition coefficient (Wildman–Crippen LogP) is 2.35. The number of rotatable bonds is 4. The monoisotopic (exact) mass is 163 g/mol. The van der Waals surface area contributed by atoms with E-state index in [4.69, 9.17) is 4.74 Å². The van der Waals surface area contributed by atoms with E-state index in [1.165, 1.54) is 6.40 Å². The maximum atomic E-state index is 4.85. The topological polar surface area (TPSA) is 35.7 Å².